The molecule has 0 spiro atoms. The quantitative estimate of drug-likeness (QED) is 0.327. The summed E-state index contributed by atoms with van der Waals surface area (Å²) in [6.07, 6.45) is 0.863. The molecule has 2 aromatic rings. The van der Waals surface area contributed by atoms with Crippen LogP contribution in [-0.4, -0.2) is 54.7 Å². The maximum atomic E-state index is 13.0. The Morgan fingerprint density at radius 2 is 1.79 bits per heavy atom. The molecule has 1 unspecified atom stereocenters. The van der Waals surface area contributed by atoms with E-state index >= 15 is 0 Å². The van der Waals surface area contributed by atoms with Crippen molar-refractivity contribution in [1.82, 2.24) is 4.90 Å². The highest BCUT2D eigenvalue weighted by Crippen LogP contribution is 2.40. The van der Waals surface area contributed by atoms with Crippen molar-refractivity contribution in [3.05, 3.63) is 65.2 Å². The number of methoxy groups -OCH3 is 1. The molecule has 1 atom stereocenters. The van der Waals surface area contributed by atoms with Gasteiger partial charge in [0, 0.05) is 19.2 Å². The third-order valence-electron chi connectivity index (χ3n) is 5.22. The van der Waals surface area contributed by atoms with Crippen LogP contribution in [0.5, 0.6) is 11.5 Å². The van der Waals surface area contributed by atoms with Crippen LogP contribution in [0.4, 0.5) is 0 Å². The van der Waals surface area contributed by atoms with Gasteiger partial charge in [-0.3, -0.25) is 9.59 Å². The first-order valence-corrected chi connectivity index (χ1v) is 11.1. The molecule has 0 bridgehead atoms. The molecular formula is C26H31NO6. The zero-order valence-corrected chi connectivity index (χ0v) is 19.5. The minimum absolute atomic E-state index is 0.0189. The first kappa shape index (κ1) is 24.3. The highest BCUT2D eigenvalue weighted by Gasteiger charge is 2.45. The fraction of sp³-hybridized carbons (Fsp3) is 0.385. The van der Waals surface area contributed by atoms with Crippen LogP contribution in [0, 0.1) is 0 Å². The third kappa shape index (κ3) is 5.54. The lowest BCUT2D eigenvalue weighted by Crippen LogP contribution is -2.32. The Bertz CT molecular complexity index is 1010. The van der Waals surface area contributed by atoms with E-state index in [1.807, 2.05) is 32.9 Å². The van der Waals surface area contributed by atoms with E-state index in [0.717, 1.165) is 6.42 Å². The summed E-state index contributed by atoms with van der Waals surface area (Å²) in [4.78, 5) is 27.4. The van der Waals surface area contributed by atoms with Crippen molar-refractivity contribution in [2.24, 2.45) is 0 Å². The summed E-state index contributed by atoms with van der Waals surface area (Å²) in [5, 5.41) is 11.2. The van der Waals surface area contributed by atoms with Crippen molar-refractivity contribution < 1.29 is 28.9 Å². The summed E-state index contributed by atoms with van der Waals surface area (Å²) in [7, 11) is 1.53. The van der Waals surface area contributed by atoms with Gasteiger partial charge >= 0.3 is 0 Å². The lowest BCUT2D eigenvalue weighted by molar-refractivity contribution is -0.140. The highest BCUT2D eigenvalue weighted by atomic mass is 16.5. The maximum absolute atomic E-state index is 13.0. The number of carbonyl (C=O) groups is 2. The Morgan fingerprint density at radius 3 is 2.42 bits per heavy atom. The predicted molar refractivity (Wildman–Crippen MR) is 125 cm³/mol. The average Bonchev–Trinajstić information content (AvgIpc) is 3.06. The summed E-state index contributed by atoms with van der Waals surface area (Å²) in [6.45, 7) is 6.89. The maximum Gasteiger partial charge on any atom is 0.295 e. The van der Waals surface area contributed by atoms with Crippen molar-refractivity contribution in [2.45, 2.75) is 39.3 Å². The molecule has 3 rings (SSSR count). The number of benzene rings is 2. The largest absolute Gasteiger partial charge is 0.507 e. The first-order chi connectivity index (χ1) is 15.9. The number of ether oxygens (including phenoxy) is 3. The summed E-state index contributed by atoms with van der Waals surface area (Å²) in [5.41, 5.74) is 1.15. The number of hydrogen-bond acceptors (Lipinski definition) is 6. The van der Waals surface area contributed by atoms with E-state index in [1.165, 1.54) is 12.0 Å². The van der Waals surface area contributed by atoms with Gasteiger partial charge in [0.2, 0.25) is 0 Å². The number of carbonyl (C=O) groups excluding carboxylic acids is 2. The van der Waals surface area contributed by atoms with Crippen LogP contribution in [0.1, 0.15) is 44.4 Å². The summed E-state index contributed by atoms with van der Waals surface area (Å²) < 4.78 is 16.5. The van der Waals surface area contributed by atoms with Gasteiger partial charge in [0.05, 0.1) is 30.9 Å². The van der Waals surface area contributed by atoms with Crippen molar-refractivity contribution >= 4 is 17.4 Å². The predicted octanol–water partition coefficient (Wildman–Crippen LogP) is 4.33. The van der Waals surface area contributed by atoms with Gasteiger partial charge < -0.3 is 24.2 Å². The summed E-state index contributed by atoms with van der Waals surface area (Å²) in [5.74, 6) is -0.358. The van der Waals surface area contributed by atoms with E-state index in [4.69, 9.17) is 14.2 Å². The minimum atomic E-state index is -0.742. The van der Waals surface area contributed by atoms with Crippen LogP contribution in [0.2, 0.25) is 0 Å². The molecule has 1 saturated heterocycles. The van der Waals surface area contributed by atoms with Gasteiger partial charge in [0.25, 0.3) is 11.7 Å². The number of hydrogen-bond donors (Lipinski definition) is 1. The molecule has 1 aliphatic heterocycles. The van der Waals surface area contributed by atoms with Crippen molar-refractivity contribution in [1.29, 1.82) is 0 Å². The lowest BCUT2D eigenvalue weighted by Gasteiger charge is -2.25. The molecule has 7 nitrogen and oxygen atoms in total. The monoisotopic (exact) mass is 453 g/mol. The van der Waals surface area contributed by atoms with Crippen LogP contribution >= 0.6 is 0 Å². The zero-order valence-electron chi connectivity index (χ0n) is 19.5. The molecule has 7 heteroatoms. The lowest BCUT2D eigenvalue weighted by atomic mass is 9.95. The molecule has 0 saturated carbocycles. The topological polar surface area (TPSA) is 85.3 Å². The standard InChI is InChI=1S/C26H31NO6/c1-5-14-32-21-8-6-7-19(16-21)24(28)22-23(27(13-15-31-4)26(30)25(22)29)18-9-11-20(12-10-18)33-17(2)3/h6-12,16-17,23,28H,5,13-15H2,1-4H3/b24-22-. The minimum Gasteiger partial charge on any atom is -0.507 e. The van der Waals surface area contributed by atoms with Crippen LogP contribution in [0.3, 0.4) is 0 Å². The summed E-state index contributed by atoms with van der Waals surface area (Å²) >= 11 is 0. The molecule has 0 radical (unpaired) electrons. The van der Waals surface area contributed by atoms with Gasteiger partial charge in [0.1, 0.15) is 17.3 Å². The fourth-order valence-corrected chi connectivity index (χ4v) is 3.76. The zero-order chi connectivity index (χ0) is 24.0. The van der Waals surface area contributed by atoms with Gasteiger partial charge in [0.15, 0.2) is 0 Å². The first-order valence-electron chi connectivity index (χ1n) is 11.1. The second-order valence-corrected chi connectivity index (χ2v) is 8.10. The van der Waals surface area contributed by atoms with Crippen LogP contribution in [0.15, 0.2) is 54.1 Å². The van der Waals surface area contributed by atoms with E-state index in [0.29, 0.717) is 29.2 Å². The Kier molecular flexibility index (Phi) is 8.11. The van der Waals surface area contributed by atoms with Crippen LogP contribution < -0.4 is 9.47 Å². The van der Waals surface area contributed by atoms with Crippen molar-refractivity contribution in [3.8, 4) is 11.5 Å². The van der Waals surface area contributed by atoms with Crippen LogP contribution in [0.25, 0.3) is 5.76 Å². The third-order valence-corrected chi connectivity index (χ3v) is 5.22. The van der Waals surface area contributed by atoms with E-state index in [2.05, 4.69) is 0 Å². The normalized spacial score (nSPS) is 17.6. The number of ketones is 1. The number of aliphatic hydroxyl groups is 1. The Hall–Kier alpha value is -3.32. The Morgan fingerprint density at radius 1 is 1.06 bits per heavy atom. The molecule has 33 heavy (non-hydrogen) atoms. The molecule has 2 aromatic carbocycles. The smallest absolute Gasteiger partial charge is 0.295 e. The summed E-state index contributed by atoms with van der Waals surface area (Å²) in [6, 6.07) is 13.4. The van der Waals surface area contributed by atoms with Crippen molar-refractivity contribution in [3.63, 3.8) is 0 Å². The Balaban J connectivity index is 2.06. The fourth-order valence-electron chi connectivity index (χ4n) is 3.76. The molecular weight excluding hydrogens is 422 g/mol. The Labute approximate surface area is 194 Å². The van der Waals surface area contributed by atoms with E-state index < -0.39 is 17.7 Å². The average molecular weight is 454 g/mol. The second-order valence-electron chi connectivity index (χ2n) is 8.10. The highest BCUT2D eigenvalue weighted by molar-refractivity contribution is 6.46. The molecule has 0 aromatic heterocycles. The molecule has 1 N–H and O–H groups in total. The van der Waals surface area contributed by atoms with Gasteiger partial charge in [-0.05, 0) is 50.1 Å². The number of aliphatic hydroxyl groups excluding tert-OH is 1. The van der Waals surface area contributed by atoms with Gasteiger partial charge in [-0.1, -0.05) is 31.2 Å². The van der Waals surface area contributed by atoms with E-state index in [1.54, 1.807) is 36.4 Å². The van der Waals surface area contributed by atoms with Gasteiger partial charge in [-0.15, -0.1) is 0 Å². The molecule has 1 aliphatic rings. The number of amides is 1. The molecule has 1 heterocycles. The van der Waals surface area contributed by atoms with Crippen LogP contribution in [-0.2, 0) is 14.3 Å². The SMILES string of the molecule is CCCOc1cccc(/C(O)=C2/C(=O)C(=O)N(CCOC)C2c2ccc(OC(C)C)cc2)c1. The van der Waals surface area contributed by atoms with Gasteiger partial charge in [-0.25, -0.2) is 0 Å². The number of likely N-dealkylation sites (tertiary alicyclic amines) is 1. The number of Topliss-reactive ketones (excluding diaryl/α,β-unsaturated/α-hetero) is 1. The molecule has 1 fully saturated rings. The molecule has 0 aliphatic carbocycles. The van der Waals surface area contributed by atoms with Crippen molar-refractivity contribution in [2.75, 3.05) is 26.9 Å². The van der Waals surface area contributed by atoms with E-state index in [9.17, 15) is 14.7 Å². The van der Waals surface area contributed by atoms with E-state index in [-0.39, 0.29) is 30.6 Å². The van der Waals surface area contributed by atoms with Gasteiger partial charge in [-0.2, -0.15) is 0 Å². The second kappa shape index (κ2) is 11.0. The molecule has 176 valence electrons. The number of nitrogens with zero attached hydrogens (tertiary/aromatic N) is 1. The molecule has 1 amide bonds. The number of rotatable bonds is 10.